The van der Waals surface area contributed by atoms with E-state index < -0.39 is 0 Å². The average Bonchev–Trinajstić information content (AvgIpc) is 2.41. The fraction of sp³-hybridized carbons (Fsp3) is 0.143. The number of carbonyl (C=O) groups is 1. The summed E-state index contributed by atoms with van der Waals surface area (Å²) in [6.07, 6.45) is 0. The Morgan fingerprint density at radius 1 is 1.32 bits per heavy atom. The van der Waals surface area contributed by atoms with Gasteiger partial charge in [0.25, 0.3) is 5.91 Å². The maximum atomic E-state index is 12.0. The van der Waals surface area contributed by atoms with Gasteiger partial charge in [-0.3, -0.25) is 4.79 Å². The second-order valence-corrected chi connectivity index (χ2v) is 4.37. The van der Waals surface area contributed by atoms with Crippen LogP contribution in [0.1, 0.15) is 16.1 Å². The van der Waals surface area contributed by atoms with Gasteiger partial charge < -0.3 is 10.1 Å². The van der Waals surface area contributed by atoms with Gasteiger partial charge in [-0.05, 0) is 30.7 Å². The highest BCUT2D eigenvalue weighted by Gasteiger charge is 2.10. The zero-order valence-corrected chi connectivity index (χ0v) is 11.4. The van der Waals surface area contributed by atoms with Crippen LogP contribution in [0.25, 0.3) is 0 Å². The van der Waals surface area contributed by atoms with Crippen molar-refractivity contribution in [2.24, 2.45) is 0 Å². The number of methoxy groups -OCH3 is 1. The molecule has 1 N–H and O–H groups in total. The number of nitrogens with one attached hydrogen (secondary N) is 1. The van der Waals surface area contributed by atoms with Crippen molar-refractivity contribution in [1.82, 2.24) is 4.98 Å². The van der Waals surface area contributed by atoms with Crippen LogP contribution < -0.4 is 10.1 Å². The van der Waals surface area contributed by atoms with Crippen LogP contribution in [-0.4, -0.2) is 18.0 Å². The average molecular weight is 277 g/mol. The molecule has 0 spiro atoms. The highest BCUT2D eigenvalue weighted by Crippen LogP contribution is 2.22. The lowest BCUT2D eigenvalue weighted by Gasteiger charge is -2.10. The Labute approximate surface area is 116 Å². The molecule has 1 aromatic heterocycles. The first-order valence-electron chi connectivity index (χ1n) is 5.68. The van der Waals surface area contributed by atoms with E-state index in [1.165, 1.54) is 0 Å². The number of nitrogens with zero attached hydrogens (tertiary/aromatic N) is 1. The molecule has 4 nitrogen and oxygen atoms in total. The van der Waals surface area contributed by atoms with Crippen LogP contribution in [0.2, 0.25) is 5.15 Å². The van der Waals surface area contributed by atoms with E-state index >= 15 is 0 Å². The second kappa shape index (κ2) is 5.71. The van der Waals surface area contributed by atoms with Gasteiger partial charge in [-0.1, -0.05) is 23.7 Å². The third-order valence-electron chi connectivity index (χ3n) is 2.64. The number of hydrogen-bond acceptors (Lipinski definition) is 3. The first-order chi connectivity index (χ1) is 9.10. The fourth-order valence-corrected chi connectivity index (χ4v) is 1.75. The monoisotopic (exact) mass is 276 g/mol. The number of aryl methyl sites for hydroxylation is 1. The molecule has 0 radical (unpaired) electrons. The van der Waals surface area contributed by atoms with Crippen molar-refractivity contribution in [1.29, 1.82) is 0 Å². The molecular weight excluding hydrogens is 264 g/mol. The Hall–Kier alpha value is -2.07. The lowest BCUT2D eigenvalue weighted by molar-refractivity contribution is 0.102. The van der Waals surface area contributed by atoms with Gasteiger partial charge in [-0.15, -0.1) is 0 Å². The highest BCUT2D eigenvalue weighted by atomic mass is 35.5. The third-order valence-corrected chi connectivity index (χ3v) is 2.85. The van der Waals surface area contributed by atoms with E-state index in [1.807, 2.05) is 19.1 Å². The number of carbonyl (C=O) groups excluding carboxylic acids is 1. The lowest BCUT2D eigenvalue weighted by Crippen LogP contribution is -2.14. The predicted molar refractivity (Wildman–Crippen MR) is 74.9 cm³/mol. The quantitative estimate of drug-likeness (QED) is 0.875. The van der Waals surface area contributed by atoms with E-state index in [1.54, 1.807) is 31.4 Å². The summed E-state index contributed by atoms with van der Waals surface area (Å²) in [5, 5.41) is 3.08. The molecule has 0 fully saturated rings. The van der Waals surface area contributed by atoms with Crippen molar-refractivity contribution in [3.05, 3.63) is 52.8 Å². The number of pyridine rings is 1. The molecule has 0 unspecified atom stereocenters. The van der Waals surface area contributed by atoms with Crippen molar-refractivity contribution in [2.45, 2.75) is 6.92 Å². The minimum Gasteiger partial charge on any atom is -0.497 e. The summed E-state index contributed by atoms with van der Waals surface area (Å²) in [4.78, 5) is 16.0. The van der Waals surface area contributed by atoms with E-state index in [0.717, 1.165) is 5.56 Å². The largest absolute Gasteiger partial charge is 0.497 e. The van der Waals surface area contributed by atoms with Crippen LogP contribution in [0.5, 0.6) is 5.75 Å². The summed E-state index contributed by atoms with van der Waals surface area (Å²) in [5.74, 6) is 0.374. The van der Waals surface area contributed by atoms with E-state index in [4.69, 9.17) is 16.3 Å². The van der Waals surface area contributed by atoms with E-state index in [0.29, 0.717) is 11.4 Å². The molecule has 19 heavy (non-hydrogen) atoms. The van der Waals surface area contributed by atoms with Crippen molar-refractivity contribution < 1.29 is 9.53 Å². The molecule has 5 heteroatoms. The number of anilines is 1. The maximum Gasteiger partial charge on any atom is 0.274 e. The molecule has 1 amide bonds. The van der Waals surface area contributed by atoms with Gasteiger partial charge in [0.1, 0.15) is 16.6 Å². The van der Waals surface area contributed by atoms with Crippen LogP contribution in [0, 0.1) is 6.92 Å². The number of aromatic nitrogens is 1. The molecule has 0 aliphatic carbocycles. The molecule has 98 valence electrons. The lowest BCUT2D eigenvalue weighted by atomic mass is 10.2. The van der Waals surface area contributed by atoms with E-state index in [-0.39, 0.29) is 16.8 Å². The van der Waals surface area contributed by atoms with Gasteiger partial charge in [-0.2, -0.15) is 0 Å². The molecule has 0 saturated carbocycles. The van der Waals surface area contributed by atoms with Gasteiger partial charge in [0.05, 0.1) is 7.11 Å². The molecule has 0 bridgehead atoms. The maximum absolute atomic E-state index is 12.0. The minimum absolute atomic E-state index is 0.273. The molecule has 2 aromatic rings. The number of amides is 1. The minimum atomic E-state index is -0.307. The van der Waals surface area contributed by atoms with Crippen LogP contribution in [-0.2, 0) is 0 Å². The predicted octanol–water partition coefficient (Wildman–Crippen LogP) is 3.30. The summed E-state index contributed by atoms with van der Waals surface area (Å²) in [5.41, 5.74) is 1.90. The Morgan fingerprint density at radius 3 is 2.79 bits per heavy atom. The zero-order valence-electron chi connectivity index (χ0n) is 10.6. The summed E-state index contributed by atoms with van der Waals surface area (Å²) in [7, 11) is 1.58. The number of rotatable bonds is 3. The van der Waals surface area contributed by atoms with Gasteiger partial charge in [0.15, 0.2) is 0 Å². The van der Waals surface area contributed by atoms with Crippen LogP contribution in [0.4, 0.5) is 5.69 Å². The van der Waals surface area contributed by atoms with Crippen LogP contribution >= 0.6 is 11.6 Å². The summed E-state index contributed by atoms with van der Waals surface area (Å²) < 4.78 is 5.13. The Bertz CT molecular complexity index is 614. The smallest absolute Gasteiger partial charge is 0.274 e. The summed E-state index contributed by atoms with van der Waals surface area (Å²) >= 11 is 5.76. The Morgan fingerprint density at radius 2 is 2.11 bits per heavy atom. The molecule has 0 saturated heterocycles. The molecule has 0 aliphatic heterocycles. The number of benzene rings is 1. The molecule has 1 heterocycles. The molecule has 0 atom stereocenters. The number of ether oxygens (including phenoxy) is 1. The first-order valence-corrected chi connectivity index (χ1v) is 6.06. The van der Waals surface area contributed by atoms with E-state index in [9.17, 15) is 4.79 Å². The van der Waals surface area contributed by atoms with Gasteiger partial charge >= 0.3 is 0 Å². The van der Waals surface area contributed by atoms with Crippen molar-refractivity contribution in [3.8, 4) is 5.75 Å². The molecule has 0 aliphatic rings. The molecule has 1 aromatic carbocycles. The standard InChI is InChI=1S/C14H13ClN2O2/c1-9-6-7-10(19-2)8-12(9)17-14(18)11-4-3-5-13(15)16-11/h3-8H,1-2H3,(H,17,18). The Kier molecular flexibility index (Phi) is 4.02. The van der Waals surface area contributed by atoms with E-state index in [2.05, 4.69) is 10.3 Å². The van der Waals surface area contributed by atoms with Crippen molar-refractivity contribution >= 4 is 23.2 Å². The van der Waals surface area contributed by atoms with Crippen molar-refractivity contribution in [3.63, 3.8) is 0 Å². The fourth-order valence-electron chi connectivity index (χ4n) is 1.58. The van der Waals surface area contributed by atoms with Gasteiger partial charge in [0.2, 0.25) is 0 Å². The van der Waals surface area contributed by atoms with Gasteiger partial charge in [0, 0.05) is 11.8 Å². The topological polar surface area (TPSA) is 51.2 Å². The summed E-state index contributed by atoms with van der Waals surface area (Å²) in [6, 6.07) is 10.4. The molecule has 2 rings (SSSR count). The summed E-state index contributed by atoms with van der Waals surface area (Å²) in [6.45, 7) is 1.90. The second-order valence-electron chi connectivity index (χ2n) is 3.98. The highest BCUT2D eigenvalue weighted by molar-refractivity contribution is 6.29. The molecular formula is C14H13ClN2O2. The normalized spacial score (nSPS) is 10.1. The Balaban J connectivity index is 2.23. The first kappa shape index (κ1) is 13.4. The van der Waals surface area contributed by atoms with Crippen molar-refractivity contribution in [2.75, 3.05) is 12.4 Å². The van der Waals surface area contributed by atoms with Crippen LogP contribution in [0.3, 0.4) is 0 Å². The number of hydrogen-bond donors (Lipinski definition) is 1. The third kappa shape index (κ3) is 3.23. The van der Waals surface area contributed by atoms with Crippen LogP contribution in [0.15, 0.2) is 36.4 Å². The van der Waals surface area contributed by atoms with Gasteiger partial charge in [-0.25, -0.2) is 4.98 Å². The zero-order chi connectivity index (χ0) is 13.8. The number of halogens is 1. The SMILES string of the molecule is COc1ccc(C)c(NC(=O)c2cccc(Cl)n2)c1.